The topological polar surface area (TPSA) is 6.48 Å². The summed E-state index contributed by atoms with van der Waals surface area (Å²) in [6.45, 7) is 8.65. The van der Waals surface area contributed by atoms with Crippen molar-refractivity contribution in [2.75, 3.05) is 9.80 Å². The van der Waals surface area contributed by atoms with Crippen molar-refractivity contribution < 1.29 is 0 Å². The lowest BCUT2D eigenvalue weighted by molar-refractivity contribution is 1.17. The largest absolute Gasteiger partial charge is 0.310 e. The van der Waals surface area contributed by atoms with E-state index in [1.54, 1.807) is 0 Å². The summed E-state index contributed by atoms with van der Waals surface area (Å²) in [5, 5.41) is 0. The van der Waals surface area contributed by atoms with Crippen LogP contribution in [0.15, 0.2) is 146 Å². The standard InChI is InChI=1S/C41H38N2/c1-30-11-9-15-38(27-30)42(39-16-10-12-31(2)28-39)36-23-19-34(20-24-36)29-35-21-25-37(26-22-35)43(40-17-7-5-13-32(40)3)41-18-8-6-14-33(41)4/h5-28H,29H2,1-4H3. The molecule has 0 aliphatic heterocycles. The van der Waals surface area contributed by atoms with E-state index < -0.39 is 0 Å². The van der Waals surface area contributed by atoms with E-state index in [0.717, 1.165) is 17.8 Å². The van der Waals surface area contributed by atoms with Gasteiger partial charge in [-0.1, -0.05) is 84.9 Å². The second-order valence-electron chi connectivity index (χ2n) is 11.4. The highest BCUT2D eigenvalue weighted by Crippen LogP contribution is 2.39. The normalized spacial score (nSPS) is 10.9. The maximum atomic E-state index is 2.37. The second-order valence-corrected chi connectivity index (χ2v) is 11.4. The third-order valence-corrected chi connectivity index (χ3v) is 8.03. The average Bonchev–Trinajstić information content (AvgIpc) is 3.01. The third-order valence-electron chi connectivity index (χ3n) is 8.03. The fourth-order valence-electron chi connectivity index (χ4n) is 5.78. The summed E-state index contributed by atoms with van der Waals surface area (Å²) in [7, 11) is 0. The molecule has 43 heavy (non-hydrogen) atoms. The SMILES string of the molecule is Cc1cccc(N(c2ccc(Cc3ccc(N(c4ccccc4C)c4ccccc4C)cc3)cc2)c2cccc(C)c2)c1. The molecule has 6 aromatic rings. The van der Waals surface area contributed by atoms with Crippen LogP contribution in [0, 0.1) is 27.7 Å². The molecule has 0 spiro atoms. The first kappa shape index (κ1) is 28.1. The number of hydrogen-bond acceptors (Lipinski definition) is 2. The average molecular weight is 559 g/mol. The number of anilines is 6. The molecule has 0 amide bonds. The molecule has 0 aliphatic rings. The lowest BCUT2D eigenvalue weighted by atomic mass is 10.0. The van der Waals surface area contributed by atoms with Crippen molar-refractivity contribution in [2.45, 2.75) is 34.1 Å². The molecule has 212 valence electrons. The van der Waals surface area contributed by atoms with Crippen LogP contribution < -0.4 is 9.80 Å². The van der Waals surface area contributed by atoms with Crippen molar-refractivity contribution in [1.82, 2.24) is 0 Å². The molecule has 0 bridgehead atoms. The van der Waals surface area contributed by atoms with E-state index in [0.29, 0.717) is 0 Å². The molecular formula is C41H38N2. The van der Waals surface area contributed by atoms with E-state index in [1.165, 1.54) is 56.1 Å². The van der Waals surface area contributed by atoms with Crippen LogP contribution in [-0.4, -0.2) is 0 Å². The highest BCUT2D eigenvalue weighted by molar-refractivity contribution is 5.80. The van der Waals surface area contributed by atoms with E-state index >= 15 is 0 Å². The molecule has 0 radical (unpaired) electrons. The maximum absolute atomic E-state index is 2.37. The van der Waals surface area contributed by atoms with E-state index in [1.807, 2.05) is 0 Å². The number of rotatable bonds is 8. The molecule has 0 N–H and O–H groups in total. The van der Waals surface area contributed by atoms with Crippen LogP contribution in [0.1, 0.15) is 33.4 Å². The zero-order valence-corrected chi connectivity index (χ0v) is 25.5. The Balaban J connectivity index is 1.27. The van der Waals surface area contributed by atoms with Gasteiger partial charge in [0.1, 0.15) is 0 Å². The monoisotopic (exact) mass is 558 g/mol. The zero-order valence-electron chi connectivity index (χ0n) is 25.5. The molecular weight excluding hydrogens is 520 g/mol. The fraction of sp³-hybridized carbons (Fsp3) is 0.122. The van der Waals surface area contributed by atoms with Crippen LogP contribution in [0.5, 0.6) is 0 Å². The van der Waals surface area contributed by atoms with Crippen LogP contribution in [0.25, 0.3) is 0 Å². The molecule has 6 aromatic carbocycles. The summed E-state index contributed by atoms with van der Waals surface area (Å²) in [6.07, 6.45) is 0.879. The highest BCUT2D eigenvalue weighted by Gasteiger charge is 2.16. The molecule has 0 aliphatic carbocycles. The lowest BCUT2D eigenvalue weighted by Gasteiger charge is -2.28. The first-order valence-corrected chi connectivity index (χ1v) is 15.0. The maximum Gasteiger partial charge on any atom is 0.0490 e. The van der Waals surface area contributed by atoms with Crippen molar-refractivity contribution in [3.05, 3.63) is 179 Å². The Kier molecular flexibility index (Phi) is 8.11. The quantitative estimate of drug-likeness (QED) is 0.183. The number of benzene rings is 6. The Bertz CT molecular complexity index is 1740. The molecule has 0 saturated heterocycles. The van der Waals surface area contributed by atoms with Crippen molar-refractivity contribution in [1.29, 1.82) is 0 Å². The summed E-state index contributed by atoms with van der Waals surface area (Å²) in [6, 6.07) is 52.6. The van der Waals surface area contributed by atoms with E-state index in [-0.39, 0.29) is 0 Å². The number of aryl methyl sites for hydroxylation is 4. The smallest absolute Gasteiger partial charge is 0.0490 e. The predicted molar refractivity (Wildman–Crippen MR) is 184 cm³/mol. The van der Waals surface area contributed by atoms with Gasteiger partial charge < -0.3 is 9.80 Å². The van der Waals surface area contributed by atoms with Gasteiger partial charge in [0.25, 0.3) is 0 Å². The minimum atomic E-state index is 0.879. The lowest BCUT2D eigenvalue weighted by Crippen LogP contribution is -2.12. The molecule has 0 aromatic heterocycles. The van der Waals surface area contributed by atoms with Crippen LogP contribution in [0.2, 0.25) is 0 Å². The van der Waals surface area contributed by atoms with Gasteiger partial charge in [-0.25, -0.2) is 0 Å². The van der Waals surface area contributed by atoms with E-state index in [9.17, 15) is 0 Å². The Labute approximate surface area is 256 Å². The molecule has 6 rings (SSSR count). The summed E-state index contributed by atoms with van der Waals surface area (Å²) in [4.78, 5) is 4.71. The van der Waals surface area contributed by atoms with E-state index in [2.05, 4.69) is 183 Å². The third kappa shape index (κ3) is 6.24. The Morgan fingerprint density at radius 3 is 1.21 bits per heavy atom. The van der Waals surface area contributed by atoms with Gasteiger partial charge in [0.05, 0.1) is 0 Å². The molecule has 2 heteroatoms. The first-order chi connectivity index (χ1) is 21.0. The van der Waals surface area contributed by atoms with Gasteiger partial charge in [-0.3, -0.25) is 0 Å². The van der Waals surface area contributed by atoms with E-state index in [4.69, 9.17) is 0 Å². The van der Waals surface area contributed by atoms with Crippen LogP contribution in [-0.2, 0) is 6.42 Å². The molecule has 2 nitrogen and oxygen atoms in total. The van der Waals surface area contributed by atoms with Gasteiger partial charge in [-0.05, 0) is 128 Å². The van der Waals surface area contributed by atoms with Crippen LogP contribution in [0.4, 0.5) is 34.1 Å². The van der Waals surface area contributed by atoms with Gasteiger partial charge in [0, 0.05) is 34.1 Å². The van der Waals surface area contributed by atoms with Crippen molar-refractivity contribution in [3.8, 4) is 0 Å². The Hall–Kier alpha value is -5.08. The van der Waals surface area contributed by atoms with Gasteiger partial charge >= 0.3 is 0 Å². The predicted octanol–water partition coefficient (Wildman–Crippen LogP) is 11.5. The summed E-state index contributed by atoms with van der Waals surface area (Å²) >= 11 is 0. The first-order valence-electron chi connectivity index (χ1n) is 15.0. The van der Waals surface area contributed by atoms with Crippen molar-refractivity contribution >= 4 is 34.1 Å². The number of nitrogens with zero attached hydrogens (tertiary/aromatic N) is 2. The molecule has 0 saturated carbocycles. The number of para-hydroxylation sites is 2. The summed E-state index contributed by atoms with van der Waals surface area (Å²) in [5.41, 5.74) is 14.6. The summed E-state index contributed by atoms with van der Waals surface area (Å²) in [5.74, 6) is 0. The summed E-state index contributed by atoms with van der Waals surface area (Å²) < 4.78 is 0. The molecule has 0 fully saturated rings. The molecule has 0 heterocycles. The fourth-order valence-corrected chi connectivity index (χ4v) is 5.78. The van der Waals surface area contributed by atoms with Crippen molar-refractivity contribution in [3.63, 3.8) is 0 Å². The van der Waals surface area contributed by atoms with Gasteiger partial charge in [0.15, 0.2) is 0 Å². The minimum absolute atomic E-state index is 0.879. The van der Waals surface area contributed by atoms with Crippen LogP contribution in [0.3, 0.4) is 0 Å². The Morgan fingerprint density at radius 2 is 0.791 bits per heavy atom. The van der Waals surface area contributed by atoms with Crippen molar-refractivity contribution in [2.24, 2.45) is 0 Å². The minimum Gasteiger partial charge on any atom is -0.310 e. The number of hydrogen-bond donors (Lipinski definition) is 0. The molecule has 0 unspecified atom stereocenters. The second kappa shape index (κ2) is 12.4. The highest BCUT2D eigenvalue weighted by atomic mass is 15.1. The zero-order chi connectivity index (χ0) is 29.8. The van der Waals surface area contributed by atoms with Gasteiger partial charge in [-0.15, -0.1) is 0 Å². The Morgan fingerprint density at radius 1 is 0.372 bits per heavy atom. The van der Waals surface area contributed by atoms with Crippen LogP contribution >= 0.6 is 0 Å². The molecule has 0 atom stereocenters. The van der Waals surface area contributed by atoms with Gasteiger partial charge in [-0.2, -0.15) is 0 Å². The van der Waals surface area contributed by atoms with Gasteiger partial charge in [0.2, 0.25) is 0 Å².